The van der Waals surface area contributed by atoms with Gasteiger partial charge in [-0.05, 0) is 42.7 Å². The number of carboxylic acids is 1. The van der Waals surface area contributed by atoms with Gasteiger partial charge < -0.3 is 15.2 Å². The first-order chi connectivity index (χ1) is 11.3. The zero-order valence-corrected chi connectivity index (χ0v) is 13.8. The first-order valence-electron chi connectivity index (χ1n) is 7.24. The molecule has 0 heterocycles. The van der Waals surface area contributed by atoms with E-state index in [0.29, 0.717) is 24.1 Å². The van der Waals surface area contributed by atoms with Crippen LogP contribution in [0.25, 0.3) is 0 Å². The fourth-order valence-electron chi connectivity index (χ4n) is 2.27. The van der Waals surface area contributed by atoms with E-state index in [1.807, 2.05) is 6.08 Å². The van der Waals surface area contributed by atoms with Crippen molar-refractivity contribution in [2.75, 3.05) is 5.32 Å². The molecule has 1 amide bonds. The van der Waals surface area contributed by atoms with Crippen LogP contribution in [0.4, 0.5) is 5.69 Å². The molecular formula is C16H17N2O5S-. The van der Waals surface area contributed by atoms with E-state index in [2.05, 4.69) is 10.0 Å². The fourth-order valence-corrected chi connectivity index (χ4v) is 3.46. The predicted octanol–water partition coefficient (Wildman–Crippen LogP) is 0.318. The average Bonchev–Trinajstić information content (AvgIpc) is 2.53. The van der Waals surface area contributed by atoms with E-state index in [1.54, 1.807) is 12.2 Å². The van der Waals surface area contributed by atoms with E-state index in [1.165, 1.54) is 31.2 Å². The molecule has 128 valence electrons. The lowest BCUT2D eigenvalue weighted by Gasteiger charge is -2.23. The van der Waals surface area contributed by atoms with Crippen molar-refractivity contribution in [3.8, 4) is 0 Å². The molecule has 0 spiro atoms. The summed E-state index contributed by atoms with van der Waals surface area (Å²) in [5.74, 6) is -1.78. The summed E-state index contributed by atoms with van der Waals surface area (Å²) in [6.45, 7) is 1.34. The number of amides is 1. The fraction of sp³-hybridized carbons (Fsp3) is 0.250. The molecule has 1 aromatic carbocycles. The third kappa shape index (κ3) is 4.53. The molecule has 0 fully saturated rings. The van der Waals surface area contributed by atoms with E-state index >= 15 is 0 Å². The molecule has 0 radical (unpaired) electrons. The number of carbonyl (C=O) groups is 2. The van der Waals surface area contributed by atoms with Crippen molar-refractivity contribution < 1.29 is 23.1 Å². The molecule has 24 heavy (non-hydrogen) atoms. The summed E-state index contributed by atoms with van der Waals surface area (Å²) in [6.07, 6.45) is 6.21. The molecule has 7 nitrogen and oxygen atoms in total. The molecule has 1 atom stereocenters. The Hall–Kier alpha value is -2.45. The van der Waals surface area contributed by atoms with Crippen LogP contribution in [0.1, 0.15) is 19.8 Å². The molecule has 1 aliphatic carbocycles. The Kier molecular flexibility index (Phi) is 5.53. The number of benzene rings is 1. The minimum Gasteiger partial charge on any atom is -0.548 e. The topological polar surface area (TPSA) is 115 Å². The highest BCUT2D eigenvalue weighted by Crippen LogP contribution is 2.19. The van der Waals surface area contributed by atoms with Crippen LogP contribution in [-0.4, -0.2) is 26.3 Å². The first-order valence-corrected chi connectivity index (χ1v) is 8.72. The van der Waals surface area contributed by atoms with Crippen LogP contribution in [-0.2, 0) is 19.6 Å². The molecule has 0 saturated heterocycles. The summed E-state index contributed by atoms with van der Waals surface area (Å²) in [5, 5.41) is 13.9. The van der Waals surface area contributed by atoms with Gasteiger partial charge in [-0.2, -0.15) is 4.72 Å². The van der Waals surface area contributed by atoms with Gasteiger partial charge in [0.1, 0.15) is 0 Å². The number of anilines is 1. The van der Waals surface area contributed by atoms with E-state index in [9.17, 15) is 23.1 Å². The summed E-state index contributed by atoms with van der Waals surface area (Å²) >= 11 is 0. The van der Waals surface area contributed by atoms with E-state index in [-0.39, 0.29) is 10.8 Å². The van der Waals surface area contributed by atoms with Gasteiger partial charge in [-0.15, -0.1) is 0 Å². The van der Waals surface area contributed by atoms with Gasteiger partial charge in [-0.1, -0.05) is 18.2 Å². The lowest BCUT2D eigenvalue weighted by Crippen LogP contribution is -2.49. The number of hydrogen-bond donors (Lipinski definition) is 2. The Morgan fingerprint density at radius 1 is 1.17 bits per heavy atom. The largest absolute Gasteiger partial charge is 0.548 e. The zero-order chi connectivity index (χ0) is 17.7. The first kappa shape index (κ1) is 17.9. The summed E-state index contributed by atoms with van der Waals surface area (Å²) in [4.78, 5) is 22.2. The van der Waals surface area contributed by atoms with Gasteiger partial charge in [0.15, 0.2) is 0 Å². The molecule has 0 saturated carbocycles. The third-order valence-corrected chi connectivity index (χ3v) is 4.84. The van der Waals surface area contributed by atoms with Gasteiger partial charge in [0, 0.05) is 12.6 Å². The average molecular weight is 349 g/mol. The Labute approximate surface area is 140 Å². The predicted molar refractivity (Wildman–Crippen MR) is 86.3 cm³/mol. The molecule has 2 N–H and O–H groups in total. The van der Waals surface area contributed by atoms with Crippen LogP contribution in [0.2, 0.25) is 0 Å². The molecule has 0 bridgehead atoms. The number of carbonyl (C=O) groups excluding carboxylic acids is 2. The number of nitrogens with one attached hydrogen (secondary N) is 2. The summed E-state index contributed by atoms with van der Waals surface area (Å²) in [7, 11) is -4.05. The maximum absolute atomic E-state index is 12.4. The summed E-state index contributed by atoms with van der Waals surface area (Å²) in [6, 6.07) is 4.00. The standard InChI is InChI=1S/C16H18N2O5S/c1-11(19)17-13-7-9-14(10-8-13)24(22,23)18-15(16(20)21)12-5-3-2-4-6-12/h2-3,6-10,15,18H,4-5H2,1H3,(H,17,19)(H,20,21)/p-1/t15-/m1/s1. The van der Waals surface area contributed by atoms with Gasteiger partial charge in [0.05, 0.1) is 16.9 Å². The molecule has 8 heteroatoms. The second-order valence-corrected chi connectivity index (χ2v) is 6.98. The van der Waals surface area contributed by atoms with E-state index in [4.69, 9.17) is 0 Å². The van der Waals surface area contributed by atoms with Crippen molar-refractivity contribution >= 4 is 27.6 Å². The third-order valence-electron chi connectivity index (χ3n) is 3.40. The summed E-state index contributed by atoms with van der Waals surface area (Å²) < 4.78 is 26.9. The lowest BCUT2D eigenvalue weighted by molar-refractivity contribution is -0.306. The SMILES string of the molecule is CC(=O)Nc1ccc(S(=O)(=O)N[C@@H](C(=O)[O-])C2=CCC=CC2)cc1. The molecular weight excluding hydrogens is 332 g/mol. The quantitative estimate of drug-likeness (QED) is 0.718. The molecule has 0 unspecified atom stereocenters. The number of allylic oxidation sites excluding steroid dienone is 3. The van der Waals surface area contributed by atoms with Gasteiger partial charge in [-0.25, -0.2) is 8.42 Å². The Balaban J connectivity index is 2.20. The second kappa shape index (κ2) is 7.41. The van der Waals surface area contributed by atoms with Crippen molar-refractivity contribution in [1.29, 1.82) is 0 Å². The van der Waals surface area contributed by atoms with Crippen molar-refractivity contribution in [1.82, 2.24) is 4.72 Å². The number of carboxylic acid groups (broad SMARTS) is 1. The Bertz CT molecular complexity index is 794. The molecule has 1 aliphatic rings. The Morgan fingerprint density at radius 3 is 2.33 bits per heavy atom. The number of rotatable bonds is 6. The van der Waals surface area contributed by atoms with E-state index in [0.717, 1.165) is 0 Å². The van der Waals surface area contributed by atoms with Crippen LogP contribution in [0.5, 0.6) is 0 Å². The minimum atomic E-state index is -4.05. The smallest absolute Gasteiger partial charge is 0.241 e. The zero-order valence-electron chi connectivity index (χ0n) is 13.0. The van der Waals surface area contributed by atoms with E-state index < -0.39 is 22.0 Å². The number of sulfonamides is 1. The normalized spacial score (nSPS) is 15.5. The molecule has 0 aromatic heterocycles. The van der Waals surface area contributed by atoms with Crippen LogP contribution in [0.15, 0.2) is 53.0 Å². The van der Waals surface area contributed by atoms with Gasteiger partial charge in [0.2, 0.25) is 15.9 Å². The number of hydrogen-bond acceptors (Lipinski definition) is 5. The van der Waals surface area contributed by atoms with Gasteiger partial charge in [0.25, 0.3) is 0 Å². The molecule has 1 aromatic rings. The lowest BCUT2D eigenvalue weighted by atomic mass is 9.99. The van der Waals surface area contributed by atoms with Crippen LogP contribution >= 0.6 is 0 Å². The van der Waals surface area contributed by atoms with Crippen LogP contribution in [0, 0.1) is 0 Å². The van der Waals surface area contributed by atoms with Crippen LogP contribution < -0.4 is 15.1 Å². The van der Waals surface area contributed by atoms with Gasteiger partial charge in [-0.3, -0.25) is 4.79 Å². The number of aliphatic carboxylic acids is 1. The van der Waals surface area contributed by atoms with Crippen molar-refractivity contribution in [3.63, 3.8) is 0 Å². The highest BCUT2D eigenvalue weighted by atomic mass is 32.2. The minimum absolute atomic E-state index is 0.102. The highest BCUT2D eigenvalue weighted by molar-refractivity contribution is 7.89. The van der Waals surface area contributed by atoms with Crippen molar-refractivity contribution in [3.05, 3.63) is 48.1 Å². The molecule has 2 rings (SSSR count). The second-order valence-electron chi connectivity index (χ2n) is 5.27. The van der Waals surface area contributed by atoms with Crippen molar-refractivity contribution in [2.24, 2.45) is 0 Å². The van der Waals surface area contributed by atoms with Gasteiger partial charge >= 0.3 is 0 Å². The van der Waals surface area contributed by atoms with Crippen molar-refractivity contribution in [2.45, 2.75) is 30.7 Å². The Morgan fingerprint density at radius 2 is 1.83 bits per heavy atom. The van der Waals surface area contributed by atoms with Crippen LogP contribution in [0.3, 0.4) is 0 Å². The maximum atomic E-state index is 12.4. The summed E-state index contributed by atoms with van der Waals surface area (Å²) in [5.41, 5.74) is 0.883. The maximum Gasteiger partial charge on any atom is 0.241 e. The molecule has 0 aliphatic heterocycles. The monoisotopic (exact) mass is 349 g/mol. The highest BCUT2D eigenvalue weighted by Gasteiger charge is 2.24.